The maximum Gasteiger partial charge on any atom is 0.308 e. The number of hydrogen-bond acceptors (Lipinski definition) is 3. The largest absolute Gasteiger partial charge is 0.481 e. The van der Waals surface area contributed by atoms with Crippen molar-refractivity contribution >= 4 is 25.6 Å². The molecule has 0 amide bonds. The van der Waals surface area contributed by atoms with Gasteiger partial charge in [0.05, 0.1) is 6.42 Å². The molecule has 0 aromatic carbocycles. The van der Waals surface area contributed by atoms with Gasteiger partial charge in [0.15, 0.2) is 8.32 Å². The van der Waals surface area contributed by atoms with Crippen LogP contribution < -0.4 is 0 Å². The summed E-state index contributed by atoms with van der Waals surface area (Å²) in [4.78, 5) is 12.7. The van der Waals surface area contributed by atoms with E-state index in [2.05, 4.69) is 33.9 Å². The molecule has 5 heteroatoms. The van der Waals surface area contributed by atoms with Crippen LogP contribution >= 0.6 is 11.3 Å². The Morgan fingerprint density at radius 2 is 1.89 bits per heavy atom. The van der Waals surface area contributed by atoms with Gasteiger partial charge in [-0.1, -0.05) is 20.8 Å². The van der Waals surface area contributed by atoms with E-state index in [0.717, 1.165) is 17.9 Å². The molecular weight excluding hydrogens is 276 g/mol. The van der Waals surface area contributed by atoms with E-state index < -0.39 is 14.3 Å². The molecule has 0 aliphatic rings. The standard InChI is InChI=1S/C14H24O3SSi/c1-14(2,3)19(4,5)17-9-8-11-6-7-12(18-11)10-13(15)16/h6-7H,8-10H2,1-5H3,(H,15,16). The third kappa shape index (κ3) is 5.08. The maximum absolute atomic E-state index is 10.6. The van der Waals surface area contributed by atoms with Crippen molar-refractivity contribution in [3.63, 3.8) is 0 Å². The molecule has 0 saturated heterocycles. The van der Waals surface area contributed by atoms with E-state index in [-0.39, 0.29) is 11.5 Å². The molecule has 3 nitrogen and oxygen atoms in total. The van der Waals surface area contributed by atoms with E-state index >= 15 is 0 Å². The second-order valence-electron chi connectivity index (χ2n) is 6.30. The summed E-state index contributed by atoms with van der Waals surface area (Å²) in [7, 11) is -1.67. The van der Waals surface area contributed by atoms with E-state index in [9.17, 15) is 4.79 Å². The van der Waals surface area contributed by atoms with Gasteiger partial charge in [-0.3, -0.25) is 4.79 Å². The Labute approximate surface area is 120 Å². The van der Waals surface area contributed by atoms with Gasteiger partial charge < -0.3 is 9.53 Å². The number of rotatable bonds is 6. The Morgan fingerprint density at radius 1 is 1.32 bits per heavy atom. The molecular formula is C14H24O3SSi. The van der Waals surface area contributed by atoms with Gasteiger partial charge >= 0.3 is 5.97 Å². The van der Waals surface area contributed by atoms with Gasteiger partial charge in [-0.05, 0) is 30.3 Å². The highest BCUT2D eigenvalue weighted by Crippen LogP contribution is 2.36. The van der Waals surface area contributed by atoms with E-state index in [4.69, 9.17) is 9.53 Å². The minimum Gasteiger partial charge on any atom is -0.481 e. The summed E-state index contributed by atoms with van der Waals surface area (Å²) in [5.41, 5.74) is 0. The maximum atomic E-state index is 10.6. The summed E-state index contributed by atoms with van der Waals surface area (Å²) in [5.74, 6) is -0.772. The first kappa shape index (κ1) is 16.4. The molecule has 19 heavy (non-hydrogen) atoms. The highest BCUT2D eigenvalue weighted by atomic mass is 32.1. The first-order valence-corrected chi connectivity index (χ1v) is 10.3. The van der Waals surface area contributed by atoms with Crippen molar-refractivity contribution in [2.45, 2.75) is 51.7 Å². The van der Waals surface area contributed by atoms with E-state index in [1.54, 1.807) is 11.3 Å². The number of carboxylic acid groups (broad SMARTS) is 1. The molecule has 0 unspecified atom stereocenters. The molecule has 0 aliphatic heterocycles. The number of carbonyl (C=O) groups is 1. The smallest absolute Gasteiger partial charge is 0.308 e. The molecule has 0 fully saturated rings. The highest BCUT2D eigenvalue weighted by Gasteiger charge is 2.36. The Hall–Kier alpha value is -0.653. The molecule has 1 rings (SSSR count). The summed E-state index contributed by atoms with van der Waals surface area (Å²) < 4.78 is 6.12. The van der Waals surface area contributed by atoms with Gasteiger partial charge in [0, 0.05) is 22.8 Å². The third-order valence-electron chi connectivity index (χ3n) is 3.66. The Bertz CT molecular complexity index is 432. The first-order chi connectivity index (χ1) is 8.62. The van der Waals surface area contributed by atoms with Crippen LogP contribution in [0.3, 0.4) is 0 Å². The number of hydrogen-bond donors (Lipinski definition) is 1. The van der Waals surface area contributed by atoms with E-state index in [1.807, 2.05) is 12.1 Å². The highest BCUT2D eigenvalue weighted by molar-refractivity contribution is 7.12. The lowest BCUT2D eigenvalue weighted by molar-refractivity contribution is -0.136. The number of thiophene rings is 1. The second-order valence-corrected chi connectivity index (χ2v) is 12.4. The fourth-order valence-corrected chi connectivity index (χ4v) is 3.46. The van der Waals surface area contributed by atoms with Gasteiger partial charge in [0.1, 0.15) is 0 Å². The lowest BCUT2D eigenvalue weighted by atomic mass is 10.2. The van der Waals surface area contributed by atoms with Gasteiger partial charge in [-0.2, -0.15) is 0 Å². The molecule has 1 aromatic heterocycles. The monoisotopic (exact) mass is 300 g/mol. The molecule has 0 saturated carbocycles. The summed E-state index contributed by atoms with van der Waals surface area (Å²) in [6.45, 7) is 11.9. The Kier molecular flexibility index (Phi) is 5.35. The lowest BCUT2D eigenvalue weighted by Gasteiger charge is -2.36. The normalized spacial score (nSPS) is 12.7. The molecule has 0 atom stereocenters. The minimum atomic E-state index is -1.67. The van der Waals surface area contributed by atoms with Crippen molar-refractivity contribution in [3.05, 3.63) is 21.9 Å². The van der Waals surface area contributed by atoms with Crippen LogP contribution in [0, 0.1) is 0 Å². The van der Waals surface area contributed by atoms with E-state index in [0.29, 0.717) is 0 Å². The average molecular weight is 300 g/mol. The topological polar surface area (TPSA) is 46.5 Å². The van der Waals surface area contributed by atoms with Crippen LogP contribution in [0.15, 0.2) is 12.1 Å². The minimum absolute atomic E-state index is 0.119. The Morgan fingerprint density at radius 3 is 2.42 bits per heavy atom. The van der Waals surface area contributed by atoms with Crippen LogP contribution in [0.25, 0.3) is 0 Å². The number of carboxylic acids is 1. The molecule has 1 heterocycles. The molecule has 0 aliphatic carbocycles. The van der Waals surface area contributed by atoms with Crippen LogP contribution in [0.2, 0.25) is 18.1 Å². The predicted octanol–water partition coefficient (Wildman–Crippen LogP) is 3.94. The third-order valence-corrected chi connectivity index (χ3v) is 9.34. The van der Waals surface area contributed by atoms with Crippen molar-refractivity contribution in [1.29, 1.82) is 0 Å². The molecule has 1 N–H and O–H groups in total. The molecule has 0 radical (unpaired) electrons. The zero-order valence-corrected chi connectivity index (χ0v) is 14.3. The van der Waals surface area contributed by atoms with Gasteiger partial charge in [-0.25, -0.2) is 0 Å². The van der Waals surface area contributed by atoms with Crippen molar-refractivity contribution < 1.29 is 14.3 Å². The van der Waals surface area contributed by atoms with Crippen molar-refractivity contribution in [2.75, 3.05) is 6.61 Å². The van der Waals surface area contributed by atoms with Crippen LogP contribution in [0.5, 0.6) is 0 Å². The van der Waals surface area contributed by atoms with Crippen LogP contribution in [0.1, 0.15) is 30.5 Å². The van der Waals surface area contributed by atoms with Crippen LogP contribution in [0.4, 0.5) is 0 Å². The van der Waals surface area contributed by atoms with Crippen molar-refractivity contribution in [1.82, 2.24) is 0 Å². The number of aliphatic carboxylic acids is 1. The first-order valence-electron chi connectivity index (χ1n) is 6.55. The summed E-state index contributed by atoms with van der Waals surface area (Å²) in [6.07, 6.45) is 0.991. The Balaban J connectivity index is 2.45. The van der Waals surface area contributed by atoms with Crippen LogP contribution in [-0.2, 0) is 22.1 Å². The second kappa shape index (κ2) is 6.20. The van der Waals surface area contributed by atoms with Gasteiger partial charge in [0.2, 0.25) is 0 Å². The summed E-state index contributed by atoms with van der Waals surface area (Å²) >= 11 is 1.57. The van der Waals surface area contributed by atoms with Gasteiger partial charge in [0.25, 0.3) is 0 Å². The average Bonchev–Trinajstić information content (AvgIpc) is 2.62. The zero-order valence-electron chi connectivity index (χ0n) is 12.4. The lowest BCUT2D eigenvalue weighted by Crippen LogP contribution is -2.41. The van der Waals surface area contributed by atoms with Crippen molar-refractivity contribution in [3.8, 4) is 0 Å². The van der Waals surface area contributed by atoms with Gasteiger partial charge in [-0.15, -0.1) is 11.3 Å². The fraction of sp³-hybridized carbons (Fsp3) is 0.643. The molecule has 1 aromatic rings. The van der Waals surface area contributed by atoms with E-state index in [1.165, 1.54) is 4.88 Å². The van der Waals surface area contributed by atoms with Crippen LogP contribution in [-0.4, -0.2) is 26.0 Å². The molecule has 0 spiro atoms. The van der Waals surface area contributed by atoms with Crippen molar-refractivity contribution in [2.24, 2.45) is 0 Å². The summed E-state index contributed by atoms with van der Waals surface area (Å²) in [6, 6.07) is 3.92. The molecule has 0 bridgehead atoms. The summed E-state index contributed by atoms with van der Waals surface area (Å²) in [5, 5.41) is 8.97. The fourth-order valence-electron chi connectivity index (χ4n) is 1.42. The molecule has 108 valence electrons. The zero-order chi connectivity index (χ0) is 14.7. The predicted molar refractivity (Wildman–Crippen MR) is 82.5 cm³/mol. The quantitative estimate of drug-likeness (QED) is 0.809. The SMILES string of the molecule is CC(C)(C)[Si](C)(C)OCCc1ccc(CC(=O)O)s1.